The Morgan fingerprint density at radius 1 is 0.400 bits per heavy atom. The first kappa shape index (κ1) is 29.9. The van der Waals surface area contributed by atoms with E-state index in [1.165, 1.54) is 66.1 Å². The number of fused-ring (bicyclic) bond motifs is 3. The molecule has 0 radical (unpaired) electrons. The van der Waals surface area contributed by atoms with Gasteiger partial charge in [-0.3, -0.25) is 4.57 Å². The molecule has 0 aliphatic carbocycles. The smallest absolute Gasteiger partial charge is 0.117 e. The molecule has 0 aliphatic heterocycles. The van der Waals surface area contributed by atoms with Crippen LogP contribution in [0.15, 0.2) is 176 Å². The lowest BCUT2D eigenvalue weighted by molar-refractivity contribution is 0.760. The van der Waals surface area contributed by atoms with Gasteiger partial charge in [0, 0.05) is 11.6 Å². The average Bonchev–Trinajstić information content (AvgIpc) is 3.58. The molecule has 0 unspecified atom stereocenters. The highest BCUT2D eigenvalue weighted by atomic mass is 15.1. The third-order valence-corrected chi connectivity index (χ3v) is 9.93. The van der Waals surface area contributed by atoms with Crippen molar-refractivity contribution in [1.82, 2.24) is 9.55 Å². The predicted octanol–water partition coefficient (Wildman–Crippen LogP) is 13.1. The highest BCUT2D eigenvalue weighted by Crippen LogP contribution is 2.45. The molecule has 1 heterocycles. The Morgan fingerprint density at radius 2 is 0.860 bits per heavy atom. The van der Waals surface area contributed by atoms with E-state index in [0.29, 0.717) is 5.92 Å². The first-order valence-corrected chi connectivity index (χ1v) is 17.4. The summed E-state index contributed by atoms with van der Waals surface area (Å²) in [6, 6.07) is 63.8. The Bertz CT molecular complexity index is 2630. The molecule has 0 saturated carbocycles. The van der Waals surface area contributed by atoms with Crippen LogP contribution >= 0.6 is 0 Å². The summed E-state index contributed by atoms with van der Waals surface area (Å²) in [5.74, 6) is 1.37. The topological polar surface area (TPSA) is 17.8 Å². The summed E-state index contributed by atoms with van der Waals surface area (Å²) < 4.78 is 2.31. The minimum absolute atomic E-state index is 0.295. The minimum Gasteiger partial charge on any atom is -0.296 e. The molecule has 50 heavy (non-hydrogen) atoms. The highest BCUT2D eigenvalue weighted by molar-refractivity contribution is 6.22. The molecule has 9 rings (SSSR count). The van der Waals surface area contributed by atoms with E-state index >= 15 is 0 Å². The highest BCUT2D eigenvalue weighted by Gasteiger charge is 2.19. The minimum atomic E-state index is 0.295. The van der Waals surface area contributed by atoms with Gasteiger partial charge in [0.2, 0.25) is 0 Å². The molecular weight excluding hydrogens is 605 g/mol. The fraction of sp³-hybridized carbons (Fsp3) is 0.0625. The van der Waals surface area contributed by atoms with Crippen LogP contribution in [0.3, 0.4) is 0 Å². The van der Waals surface area contributed by atoms with Crippen molar-refractivity contribution in [1.29, 1.82) is 0 Å². The van der Waals surface area contributed by atoms with Crippen molar-refractivity contribution in [2.75, 3.05) is 0 Å². The monoisotopic (exact) mass is 640 g/mol. The molecule has 1 aromatic heterocycles. The van der Waals surface area contributed by atoms with Gasteiger partial charge in [-0.05, 0) is 96.4 Å². The number of aromatic nitrogens is 2. The van der Waals surface area contributed by atoms with E-state index in [-0.39, 0.29) is 0 Å². The molecule has 0 spiro atoms. The fourth-order valence-corrected chi connectivity index (χ4v) is 7.55. The molecule has 8 aromatic carbocycles. The van der Waals surface area contributed by atoms with Crippen molar-refractivity contribution in [3.8, 4) is 50.2 Å². The van der Waals surface area contributed by atoms with Crippen LogP contribution < -0.4 is 0 Å². The molecule has 2 heteroatoms. The number of rotatable bonds is 6. The van der Waals surface area contributed by atoms with E-state index < -0.39 is 0 Å². The molecule has 2 nitrogen and oxygen atoms in total. The Kier molecular flexibility index (Phi) is 7.36. The van der Waals surface area contributed by atoms with E-state index in [1.807, 2.05) is 0 Å². The maximum absolute atomic E-state index is 5.01. The number of hydrogen-bond acceptors (Lipinski definition) is 1. The predicted molar refractivity (Wildman–Crippen MR) is 212 cm³/mol. The molecule has 238 valence electrons. The van der Waals surface area contributed by atoms with Crippen LogP contribution in [-0.2, 0) is 0 Å². The van der Waals surface area contributed by atoms with Crippen molar-refractivity contribution in [3.05, 3.63) is 182 Å². The fourth-order valence-electron chi connectivity index (χ4n) is 7.55. The lowest BCUT2D eigenvalue weighted by atomic mass is 9.84. The van der Waals surface area contributed by atoms with Crippen LogP contribution in [0.1, 0.15) is 25.6 Å². The van der Waals surface area contributed by atoms with Gasteiger partial charge in [0.25, 0.3) is 0 Å². The van der Waals surface area contributed by atoms with Crippen molar-refractivity contribution in [2.24, 2.45) is 0 Å². The summed E-state index contributed by atoms with van der Waals surface area (Å²) in [5.41, 5.74) is 13.1. The zero-order valence-corrected chi connectivity index (χ0v) is 28.2. The normalized spacial score (nSPS) is 11.6. The van der Waals surface area contributed by atoms with Gasteiger partial charge in [0.15, 0.2) is 0 Å². The lowest BCUT2D eigenvalue weighted by Crippen LogP contribution is -2.03. The third kappa shape index (κ3) is 5.09. The van der Waals surface area contributed by atoms with Gasteiger partial charge in [0.1, 0.15) is 5.82 Å². The van der Waals surface area contributed by atoms with E-state index in [2.05, 4.69) is 194 Å². The number of nitrogens with zero attached hydrogens (tertiary/aromatic N) is 2. The van der Waals surface area contributed by atoms with E-state index in [1.54, 1.807) is 0 Å². The van der Waals surface area contributed by atoms with E-state index in [4.69, 9.17) is 4.98 Å². The molecule has 0 aliphatic rings. The Morgan fingerprint density at radius 3 is 1.50 bits per heavy atom. The Hall–Kier alpha value is -6.25. The van der Waals surface area contributed by atoms with E-state index in [0.717, 1.165) is 22.5 Å². The molecule has 0 saturated heterocycles. The second kappa shape index (κ2) is 12.3. The summed E-state index contributed by atoms with van der Waals surface area (Å²) >= 11 is 0. The van der Waals surface area contributed by atoms with Crippen LogP contribution in [0.4, 0.5) is 0 Å². The zero-order chi connectivity index (χ0) is 33.6. The SMILES string of the molecule is CC(C)c1nc2ccccc2n1-c1ccc(-c2c3ccccc3c(-c3ccc(-c4ccccc4)cc3)c3cc(-c4ccccc4)ccc23)cc1. The van der Waals surface area contributed by atoms with Gasteiger partial charge >= 0.3 is 0 Å². The number of imidazole rings is 1. The molecule has 0 amide bonds. The lowest BCUT2D eigenvalue weighted by Gasteiger charge is -2.19. The Labute approximate surface area is 292 Å². The van der Waals surface area contributed by atoms with Crippen LogP contribution in [0, 0.1) is 0 Å². The molecule has 0 bridgehead atoms. The molecule has 0 atom stereocenters. The first-order chi connectivity index (χ1) is 24.6. The quantitative estimate of drug-likeness (QED) is 0.165. The van der Waals surface area contributed by atoms with Crippen molar-refractivity contribution >= 4 is 32.6 Å². The maximum Gasteiger partial charge on any atom is 0.117 e. The second-order valence-electron chi connectivity index (χ2n) is 13.4. The first-order valence-electron chi connectivity index (χ1n) is 17.4. The second-order valence-corrected chi connectivity index (χ2v) is 13.4. The van der Waals surface area contributed by atoms with Gasteiger partial charge in [-0.25, -0.2) is 4.98 Å². The van der Waals surface area contributed by atoms with Crippen LogP contribution in [0.2, 0.25) is 0 Å². The summed E-state index contributed by atoms with van der Waals surface area (Å²) in [6.07, 6.45) is 0. The van der Waals surface area contributed by atoms with Crippen molar-refractivity contribution < 1.29 is 0 Å². The van der Waals surface area contributed by atoms with Gasteiger partial charge in [-0.15, -0.1) is 0 Å². The van der Waals surface area contributed by atoms with Gasteiger partial charge in [-0.1, -0.05) is 159 Å². The maximum atomic E-state index is 5.01. The Balaban J connectivity index is 1.27. The molecular formula is C48H36N2. The average molecular weight is 641 g/mol. The van der Waals surface area contributed by atoms with Gasteiger partial charge in [0.05, 0.1) is 11.0 Å². The van der Waals surface area contributed by atoms with Crippen molar-refractivity contribution in [3.63, 3.8) is 0 Å². The third-order valence-electron chi connectivity index (χ3n) is 9.93. The zero-order valence-electron chi connectivity index (χ0n) is 28.2. The number of hydrogen-bond donors (Lipinski definition) is 0. The van der Waals surface area contributed by atoms with Crippen LogP contribution in [-0.4, -0.2) is 9.55 Å². The molecule has 9 aromatic rings. The van der Waals surface area contributed by atoms with E-state index in [9.17, 15) is 0 Å². The summed E-state index contributed by atoms with van der Waals surface area (Å²) in [4.78, 5) is 5.01. The standard InChI is InChI=1S/C48H36N2/c1-32(2)48-49-44-19-11-12-20-45(44)50(48)39-28-25-37(26-29-39)46-40-17-9-10-18-41(40)47(36-23-21-35(22-24-36)33-13-5-3-6-14-33)43-31-38(27-30-42(43)46)34-15-7-4-8-16-34/h3-32H,1-2H3. The largest absolute Gasteiger partial charge is 0.296 e. The summed E-state index contributed by atoms with van der Waals surface area (Å²) in [6.45, 7) is 4.43. The van der Waals surface area contributed by atoms with Crippen LogP contribution in [0.5, 0.6) is 0 Å². The number of benzene rings is 8. The summed E-state index contributed by atoms with van der Waals surface area (Å²) in [7, 11) is 0. The van der Waals surface area contributed by atoms with Gasteiger partial charge in [-0.2, -0.15) is 0 Å². The van der Waals surface area contributed by atoms with Gasteiger partial charge < -0.3 is 0 Å². The van der Waals surface area contributed by atoms with Crippen LogP contribution in [0.25, 0.3) is 82.8 Å². The number of para-hydroxylation sites is 2. The summed E-state index contributed by atoms with van der Waals surface area (Å²) in [5, 5.41) is 4.99. The molecule has 0 N–H and O–H groups in total. The molecule has 0 fully saturated rings. The van der Waals surface area contributed by atoms with Crippen molar-refractivity contribution in [2.45, 2.75) is 19.8 Å².